The molecule has 0 saturated heterocycles. The maximum Gasteiger partial charge on any atom is 0.253 e. The standard InChI is InChI=1S/C24H27N3O3S/c1-3-8-25-24(31)27(9-7-17-6-4-5-16(2)10-17)14-19-11-18-12-21-22(30-15-29-21)13-20(18)26-23(19)28/h4-6,10-13H,3,7-9,14-15H2,1-2H3,(H,25,31)(H,26,28). The van der Waals surface area contributed by atoms with Crippen molar-refractivity contribution in [1.29, 1.82) is 0 Å². The van der Waals surface area contributed by atoms with Crippen LogP contribution in [0.3, 0.4) is 0 Å². The van der Waals surface area contributed by atoms with Gasteiger partial charge in [0.2, 0.25) is 6.79 Å². The van der Waals surface area contributed by atoms with Gasteiger partial charge in [-0.25, -0.2) is 0 Å². The minimum atomic E-state index is -0.120. The molecule has 31 heavy (non-hydrogen) atoms. The van der Waals surface area contributed by atoms with Crippen LogP contribution in [0.4, 0.5) is 0 Å². The fraction of sp³-hybridized carbons (Fsp3) is 0.333. The molecule has 2 heterocycles. The van der Waals surface area contributed by atoms with E-state index in [2.05, 4.69) is 53.3 Å². The summed E-state index contributed by atoms with van der Waals surface area (Å²) >= 11 is 5.65. The zero-order chi connectivity index (χ0) is 21.8. The summed E-state index contributed by atoms with van der Waals surface area (Å²) in [6, 6.07) is 14.1. The summed E-state index contributed by atoms with van der Waals surface area (Å²) in [5.74, 6) is 1.35. The predicted octanol–water partition coefficient (Wildman–Crippen LogP) is 3.89. The van der Waals surface area contributed by atoms with E-state index in [1.807, 2.05) is 18.2 Å². The number of hydrogen-bond donors (Lipinski definition) is 2. The third-order valence-corrected chi connectivity index (χ3v) is 5.74. The summed E-state index contributed by atoms with van der Waals surface area (Å²) in [4.78, 5) is 17.8. The summed E-state index contributed by atoms with van der Waals surface area (Å²) in [5.41, 5.74) is 3.77. The molecule has 0 bridgehead atoms. The lowest BCUT2D eigenvalue weighted by Crippen LogP contribution is -2.41. The van der Waals surface area contributed by atoms with Gasteiger partial charge in [-0.15, -0.1) is 0 Å². The van der Waals surface area contributed by atoms with E-state index in [0.29, 0.717) is 28.7 Å². The Morgan fingerprint density at radius 2 is 2.00 bits per heavy atom. The van der Waals surface area contributed by atoms with E-state index in [4.69, 9.17) is 21.7 Å². The smallest absolute Gasteiger partial charge is 0.253 e. The highest BCUT2D eigenvalue weighted by Gasteiger charge is 2.17. The van der Waals surface area contributed by atoms with Crippen molar-refractivity contribution in [1.82, 2.24) is 15.2 Å². The zero-order valence-corrected chi connectivity index (χ0v) is 18.7. The van der Waals surface area contributed by atoms with Crippen molar-refractivity contribution in [3.8, 4) is 11.5 Å². The maximum absolute atomic E-state index is 12.8. The first-order valence-electron chi connectivity index (χ1n) is 10.6. The van der Waals surface area contributed by atoms with Crippen molar-refractivity contribution < 1.29 is 9.47 Å². The van der Waals surface area contributed by atoms with Gasteiger partial charge in [0, 0.05) is 30.1 Å². The van der Waals surface area contributed by atoms with Crippen LogP contribution in [0.5, 0.6) is 11.5 Å². The molecular weight excluding hydrogens is 410 g/mol. The Hall–Kier alpha value is -3.06. The lowest BCUT2D eigenvalue weighted by molar-refractivity contribution is 0.174. The molecule has 0 spiro atoms. The van der Waals surface area contributed by atoms with Gasteiger partial charge >= 0.3 is 0 Å². The van der Waals surface area contributed by atoms with Crippen LogP contribution in [0.2, 0.25) is 0 Å². The van der Waals surface area contributed by atoms with Gasteiger partial charge in [-0.05, 0) is 49.7 Å². The number of ether oxygens (including phenoxy) is 2. The van der Waals surface area contributed by atoms with Gasteiger partial charge in [-0.2, -0.15) is 0 Å². The quantitative estimate of drug-likeness (QED) is 0.547. The summed E-state index contributed by atoms with van der Waals surface area (Å²) in [6.45, 7) is 6.35. The molecule has 3 aromatic rings. The number of pyridine rings is 1. The molecule has 6 nitrogen and oxygen atoms in total. The van der Waals surface area contributed by atoms with E-state index in [1.165, 1.54) is 11.1 Å². The van der Waals surface area contributed by atoms with Crippen LogP contribution >= 0.6 is 12.2 Å². The molecule has 7 heteroatoms. The Labute approximate surface area is 187 Å². The average molecular weight is 438 g/mol. The topological polar surface area (TPSA) is 66.6 Å². The van der Waals surface area contributed by atoms with Crippen molar-refractivity contribution in [2.45, 2.75) is 33.2 Å². The minimum Gasteiger partial charge on any atom is -0.454 e. The molecule has 4 rings (SSSR count). The van der Waals surface area contributed by atoms with Gasteiger partial charge in [-0.3, -0.25) is 4.79 Å². The van der Waals surface area contributed by atoms with Gasteiger partial charge in [0.25, 0.3) is 5.56 Å². The Morgan fingerprint density at radius 1 is 1.19 bits per heavy atom. The third-order valence-electron chi connectivity index (χ3n) is 5.34. The first-order chi connectivity index (χ1) is 15.0. The molecule has 0 atom stereocenters. The van der Waals surface area contributed by atoms with Crippen molar-refractivity contribution in [2.24, 2.45) is 0 Å². The van der Waals surface area contributed by atoms with Crippen molar-refractivity contribution in [3.63, 3.8) is 0 Å². The van der Waals surface area contributed by atoms with Crippen LogP contribution in [-0.4, -0.2) is 34.9 Å². The molecule has 1 aromatic heterocycles. The predicted molar refractivity (Wildman–Crippen MR) is 127 cm³/mol. The number of benzene rings is 2. The number of aromatic amines is 1. The van der Waals surface area contributed by atoms with Crippen LogP contribution in [0.25, 0.3) is 10.9 Å². The number of rotatable bonds is 7. The SMILES string of the molecule is CCCNC(=S)N(CCc1cccc(C)c1)Cc1cc2cc3c(cc2[nH]c1=O)OCO3. The highest BCUT2D eigenvalue weighted by Crippen LogP contribution is 2.35. The second-order valence-corrected chi connectivity index (χ2v) is 8.20. The number of nitrogens with zero attached hydrogens (tertiary/aromatic N) is 1. The normalized spacial score (nSPS) is 12.2. The van der Waals surface area contributed by atoms with E-state index >= 15 is 0 Å². The van der Waals surface area contributed by atoms with E-state index in [9.17, 15) is 4.79 Å². The molecule has 0 saturated carbocycles. The highest BCUT2D eigenvalue weighted by atomic mass is 32.1. The Balaban J connectivity index is 1.58. The Bertz CT molecular complexity index is 1160. The summed E-state index contributed by atoms with van der Waals surface area (Å²) in [7, 11) is 0. The molecule has 0 fully saturated rings. The Kier molecular flexibility index (Phi) is 6.42. The fourth-order valence-corrected chi connectivity index (χ4v) is 3.95. The number of aryl methyl sites for hydroxylation is 1. The molecule has 0 radical (unpaired) electrons. The van der Waals surface area contributed by atoms with Gasteiger partial charge in [0.15, 0.2) is 16.6 Å². The lowest BCUT2D eigenvalue weighted by atomic mass is 10.1. The van der Waals surface area contributed by atoms with Crippen molar-refractivity contribution in [2.75, 3.05) is 19.9 Å². The van der Waals surface area contributed by atoms with E-state index in [0.717, 1.165) is 36.8 Å². The number of aromatic nitrogens is 1. The van der Waals surface area contributed by atoms with Crippen LogP contribution < -0.4 is 20.3 Å². The second-order valence-electron chi connectivity index (χ2n) is 7.81. The third kappa shape index (κ3) is 4.99. The molecule has 1 aliphatic heterocycles. The summed E-state index contributed by atoms with van der Waals surface area (Å²) in [5, 5.41) is 4.87. The molecule has 0 amide bonds. The summed E-state index contributed by atoms with van der Waals surface area (Å²) in [6.07, 6.45) is 1.83. The molecule has 1 aliphatic rings. The number of thiocarbonyl (C=S) groups is 1. The first kappa shape index (κ1) is 21.2. The second kappa shape index (κ2) is 9.39. The first-order valence-corrected chi connectivity index (χ1v) is 11.0. The van der Waals surface area contributed by atoms with E-state index in [-0.39, 0.29) is 12.4 Å². The number of H-pyrrole nitrogens is 1. The monoisotopic (exact) mass is 437 g/mol. The number of nitrogens with one attached hydrogen (secondary N) is 2. The maximum atomic E-state index is 12.8. The molecule has 2 N–H and O–H groups in total. The van der Waals surface area contributed by atoms with Gasteiger partial charge in [0.1, 0.15) is 0 Å². The number of fused-ring (bicyclic) bond motifs is 2. The lowest BCUT2D eigenvalue weighted by Gasteiger charge is -2.26. The van der Waals surface area contributed by atoms with Crippen molar-refractivity contribution in [3.05, 3.63) is 69.5 Å². The van der Waals surface area contributed by atoms with Gasteiger partial charge in [0.05, 0.1) is 12.1 Å². The minimum absolute atomic E-state index is 0.120. The molecule has 0 unspecified atom stereocenters. The van der Waals surface area contributed by atoms with Gasteiger partial charge < -0.3 is 24.7 Å². The highest BCUT2D eigenvalue weighted by molar-refractivity contribution is 7.80. The van der Waals surface area contributed by atoms with Gasteiger partial charge in [-0.1, -0.05) is 36.8 Å². The molecule has 0 aliphatic carbocycles. The largest absolute Gasteiger partial charge is 0.454 e. The molecule has 2 aromatic carbocycles. The average Bonchev–Trinajstić information content (AvgIpc) is 3.21. The molecular formula is C24H27N3O3S. The van der Waals surface area contributed by atoms with Crippen LogP contribution in [0.1, 0.15) is 30.0 Å². The molecule has 162 valence electrons. The van der Waals surface area contributed by atoms with E-state index < -0.39 is 0 Å². The van der Waals surface area contributed by atoms with Crippen molar-refractivity contribution >= 4 is 28.2 Å². The Morgan fingerprint density at radius 3 is 2.77 bits per heavy atom. The van der Waals surface area contributed by atoms with Crippen LogP contribution in [-0.2, 0) is 13.0 Å². The van der Waals surface area contributed by atoms with Crippen LogP contribution in [0.15, 0.2) is 47.3 Å². The zero-order valence-electron chi connectivity index (χ0n) is 17.9. The fourth-order valence-electron chi connectivity index (χ4n) is 3.69. The van der Waals surface area contributed by atoms with E-state index in [1.54, 1.807) is 0 Å². The summed E-state index contributed by atoms with van der Waals surface area (Å²) < 4.78 is 10.9. The van der Waals surface area contributed by atoms with Crippen LogP contribution in [0, 0.1) is 6.92 Å². The number of hydrogen-bond acceptors (Lipinski definition) is 4.